The summed E-state index contributed by atoms with van der Waals surface area (Å²) in [7, 11) is 1.61. The summed E-state index contributed by atoms with van der Waals surface area (Å²) in [4.78, 5) is -0.0968. The van der Waals surface area contributed by atoms with Gasteiger partial charge in [0.15, 0.2) is 0 Å². The Kier molecular flexibility index (Phi) is 4.48. The molecule has 0 bridgehead atoms. The molecule has 0 fully saturated rings. The van der Waals surface area contributed by atoms with Crippen LogP contribution in [-0.4, -0.2) is 7.11 Å². The molecule has 1 unspecified atom stereocenters. The van der Waals surface area contributed by atoms with Crippen LogP contribution in [0, 0.1) is 12.7 Å². The van der Waals surface area contributed by atoms with Gasteiger partial charge in [-0.3, -0.25) is 0 Å². The van der Waals surface area contributed by atoms with Crippen molar-refractivity contribution in [3.8, 4) is 5.75 Å². The highest BCUT2D eigenvalue weighted by Crippen LogP contribution is 2.38. The van der Waals surface area contributed by atoms with Gasteiger partial charge in [0.1, 0.15) is 11.6 Å². The van der Waals surface area contributed by atoms with Gasteiger partial charge in [0, 0.05) is 10.6 Å². The fourth-order valence-corrected chi connectivity index (χ4v) is 2.73. The number of hydrogen-bond acceptors (Lipinski definition) is 1. The van der Waals surface area contributed by atoms with Gasteiger partial charge in [0.25, 0.3) is 0 Å². The zero-order chi connectivity index (χ0) is 14.0. The first-order valence-electron chi connectivity index (χ1n) is 5.76. The van der Waals surface area contributed by atoms with Crippen molar-refractivity contribution in [1.29, 1.82) is 0 Å². The van der Waals surface area contributed by atoms with Crippen LogP contribution >= 0.6 is 27.5 Å². The molecular weight excluding hydrogens is 331 g/mol. The number of ether oxygens (including phenoxy) is 1. The van der Waals surface area contributed by atoms with E-state index < -0.39 is 0 Å². The van der Waals surface area contributed by atoms with E-state index in [-0.39, 0.29) is 10.6 Å². The molecule has 0 heterocycles. The number of hydrogen-bond donors (Lipinski definition) is 0. The second-order valence-electron chi connectivity index (χ2n) is 4.26. The second kappa shape index (κ2) is 5.93. The molecule has 0 aliphatic rings. The first kappa shape index (κ1) is 14.4. The Morgan fingerprint density at radius 3 is 2.58 bits per heavy atom. The van der Waals surface area contributed by atoms with Gasteiger partial charge in [-0.15, -0.1) is 0 Å². The van der Waals surface area contributed by atoms with Crippen LogP contribution in [0.5, 0.6) is 5.75 Å². The van der Waals surface area contributed by atoms with E-state index in [1.54, 1.807) is 26.2 Å². The third kappa shape index (κ3) is 3.10. The number of aryl methyl sites for hydroxylation is 1. The molecule has 1 nitrogen and oxygen atoms in total. The topological polar surface area (TPSA) is 9.23 Å². The predicted molar refractivity (Wildman–Crippen MR) is 79.9 cm³/mol. The number of methoxy groups -OCH3 is 1. The van der Waals surface area contributed by atoms with Crippen molar-refractivity contribution in [3.05, 3.63) is 63.9 Å². The molecular formula is C15H13BrClFO. The molecule has 0 aromatic heterocycles. The van der Waals surface area contributed by atoms with E-state index in [2.05, 4.69) is 15.9 Å². The van der Waals surface area contributed by atoms with E-state index in [4.69, 9.17) is 16.3 Å². The zero-order valence-electron chi connectivity index (χ0n) is 10.6. The summed E-state index contributed by atoms with van der Waals surface area (Å²) in [5.74, 6) is 0.537. The summed E-state index contributed by atoms with van der Waals surface area (Å²) < 4.78 is 18.6. The summed E-state index contributed by atoms with van der Waals surface area (Å²) in [5, 5.41) is 0.638. The highest BCUT2D eigenvalue weighted by Gasteiger charge is 2.16. The van der Waals surface area contributed by atoms with E-state index >= 15 is 0 Å². The van der Waals surface area contributed by atoms with Gasteiger partial charge in [-0.05, 0) is 42.3 Å². The Morgan fingerprint density at radius 2 is 1.95 bits per heavy atom. The van der Waals surface area contributed by atoms with E-state index in [0.29, 0.717) is 10.6 Å². The van der Waals surface area contributed by atoms with Crippen molar-refractivity contribution in [1.82, 2.24) is 0 Å². The van der Waals surface area contributed by atoms with Gasteiger partial charge in [-0.25, -0.2) is 4.39 Å². The predicted octanol–water partition coefficient (Wildman–Crippen LogP) is 5.28. The maximum atomic E-state index is 13.3. The summed E-state index contributed by atoms with van der Waals surface area (Å²) >= 11 is 9.64. The zero-order valence-corrected chi connectivity index (χ0v) is 12.9. The summed E-state index contributed by atoms with van der Waals surface area (Å²) in [6.45, 7) is 1.74. The minimum Gasteiger partial charge on any atom is -0.496 e. The number of halogens is 3. The van der Waals surface area contributed by atoms with E-state index in [1.165, 1.54) is 6.07 Å². The van der Waals surface area contributed by atoms with E-state index in [1.807, 2.05) is 18.2 Å². The van der Waals surface area contributed by atoms with Crippen molar-refractivity contribution in [3.63, 3.8) is 0 Å². The van der Waals surface area contributed by atoms with Crippen LogP contribution in [0.15, 0.2) is 36.4 Å². The molecule has 0 N–H and O–H groups in total. The normalized spacial score (nSPS) is 12.3. The van der Waals surface area contributed by atoms with E-state index in [9.17, 15) is 4.39 Å². The van der Waals surface area contributed by atoms with Crippen LogP contribution in [0.4, 0.5) is 4.39 Å². The summed E-state index contributed by atoms with van der Waals surface area (Å²) in [5.41, 5.74) is 2.49. The fraction of sp³-hybridized carbons (Fsp3) is 0.200. The van der Waals surface area contributed by atoms with Gasteiger partial charge in [-0.2, -0.15) is 0 Å². The Balaban J connectivity index is 2.45. The summed E-state index contributed by atoms with van der Waals surface area (Å²) in [6.07, 6.45) is 0. The molecule has 0 aliphatic carbocycles. The molecule has 0 amide bonds. The molecule has 2 rings (SSSR count). The summed E-state index contributed by atoms with van der Waals surface area (Å²) in [6, 6.07) is 10.5. The Labute approximate surface area is 125 Å². The molecule has 0 aliphatic heterocycles. The monoisotopic (exact) mass is 342 g/mol. The number of alkyl halides is 1. The number of benzene rings is 2. The van der Waals surface area contributed by atoms with Crippen LogP contribution in [-0.2, 0) is 0 Å². The highest BCUT2D eigenvalue weighted by molar-refractivity contribution is 9.09. The second-order valence-corrected chi connectivity index (χ2v) is 5.61. The Bertz CT molecular complexity index is 601. The van der Waals surface area contributed by atoms with Crippen molar-refractivity contribution >= 4 is 27.5 Å². The standard InChI is InChI=1S/C15H13BrClFO/c1-9-7-10(3-5-13(9)18)15(16)12-8-11(17)4-6-14(12)19-2/h3-8,15H,1-2H3. The quantitative estimate of drug-likeness (QED) is 0.689. The first-order valence-corrected chi connectivity index (χ1v) is 7.06. The lowest BCUT2D eigenvalue weighted by Crippen LogP contribution is -1.98. The van der Waals surface area contributed by atoms with Crippen molar-refractivity contribution < 1.29 is 9.13 Å². The molecule has 100 valence electrons. The molecule has 1 atom stereocenters. The lowest BCUT2D eigenvalue weighted by Gasteiger charge is -2.15. The van der Waals surface area contributed by atoms with Crippen LogP contribution < -0.4 is 4.74 Å². The minimum atomic E-state index is -0.207. The average molecular weight is 344 g/mol. The van der Waals surface area contributed by atoms with Crippen LogP contribution in [0.3, 0.4) is 0 Å². The van der Waals surface area contributed by atoms with Crippen LogP contribution in [0.25, 0.3) is 0 Å². The third-order valence-electron chi connectivity index (χ3n) is 2.94. The Morgan fingerprint density at radius 1 is 1.21 bits per heavy atom. The lowest BCUT2D eigenvalue weighted by atomic mass is 10.0. The number of rotatable bonds is 3. The van der Waals surface area contributed by atoms with Crippen molar-refractivity contribution in [2.24, 2.45) is 0 Å². The third-order valence-corrected chi connectivity index (χ3v) is 4.20. The largest absolute Gasteiger partial charge is 0.496 e. The van der Waals surface area contributed by atoms with Crippen LogP contribution in [0.1, 0.15) is 21.5 Å². The van der Waals surface area contributed by atoms with Gasteiger partial charge in [0.05, 0.1) is 11.9 Å². The fourth-order valence-electron chi connectivity index (χ4n) is 1.91. The van der Waals surface area contributed by atoms with Gasteiger partial charge in [0.2, 0.25) is 0 Å². The van der Waals surface area contributed by atoms with Crippen molar-refractivity contribution in [2.45, 2.75) is 11.8 Å². The molecule has 0 saturated heterocycles. The average Bonchev–Trinajstić information content (AvgIpc) is 2.41. The lowest BCUT2D eigenvalue weighted by molar-refractivity contribution is 0.410. The molecule has 0 spiro atoms. The SMILES string of the molecule is COc1ccc(Cl)cc1C(Br)c1ccc(F)c(C)c1. The van der Waals surface area contributed by atoms with Gasteiger partial charge in [-0.1, -0.05) is 39.7 Å². The molecule has 19 heavy (non-hydrogen) atoms. The Hall–Kier alpha value is -1.06. The first-order chi connectivity index (χ1) is 9.02. The maximum Gasteiger partial charge on any atom is 0.126 e. The molecule has 2 aromatic carbocycles. The highest BCUT2D eigenvalue weighted by atomic mass is 79.9. The van der Waals surface area contributed by atoms with Gasteiger partial charge >= 0.3 is 0 Å². The van der Waals surface area contributed by atoms with Crippen LogP contribution in [0.2, 0.25) is 5.02 Å². The van der Waals surface area contributed by atoms with Crippen molar-refractivity contribution in [2.75, 3.05) is 7.11 Å². The molecule has 4 heteroatoms. The molecule has 0 radical (unpaired) electrons. The maximum absolute atomic E-state index is 13.3. The van der Waals surface area contributed by atoms with E-state index in [0.717, 1.165) is 16.9 Å². The van der Waals surface area contributed by atoms with Gasteiger partial charge < -0.3 is 4.74 Å². The smallest absolute Gasteiger partial charge is 0.126 e. The molecule has 2 aromatic rings. The molecule has 0 saturated carbocycles. The minimum absolute atomic E-state index is 0.0968.